The summed E-state index contributed by atoms with van der Waals surface area (Å²) in [6.07, 6.45) is 1.74. The van der Waals surface area contributed by atoms with E-state index in [1.54, 1.807) is 24.4 Å². The molecule has 5 aromatic rings. The van der Waals surface area contributed by atoms with Gasteiger partial charge in [-0.15, -0.1) is 0 Å². The Morgan fingerprint density at radius 1 is 1.02 bits per heavy atom. The van der Waals surface area contributed by atoms with Crippen molar-refractivity contribution in [2.24, 2.45) is 0 Å². The predicted molar refractivity (Wildman–Crippen MR) is 167 cm³/mol. The molecule has 0 unspecified atom stereocenters. The van der Waals surface area contributed by atoms with Crippen molar-refractivity contribution in [3.8, 4) is 17.1 Å². The molecule has 0 radical (unpaired) electrons. The van der Waals surface area contributed by atoms with Gasteiger partial charge in [-0.25, -0.2) is 4.39 Å². The molecule has 42 heavy (non-hydrogen) atoms. The minimum absolute atomic E-state index is 0.106. The highest BCUT2D eigenvalue weighted by molar-refractivity contribution is 9.10. The van der Waals surface area contributed by atoms with Crippen LogP contribution in [-0.2, 0) is 4.79 Å². The lowest BCUT2D eigenvalue weighted by molar-refractivity contribution is -0.118. The molecule has 0 saturated carbocycles. The Labute approximate surface area is 255 Å². The molecule has 2 atom stereocenters. The monoisotopic (exact) mass is 642 g/mol. The molecule has 10 heteroatoms. The Hall–Kier alpha value is -4.54. The molecule has 1 amide bonds. The van der Waals surface area contributed by atoms with Gasteiger partial charge in [-0.1, -0.05) is 24.3 Å². The third kappa shape index (κ3) is 5.90. The third-order valence-corrected chi connectivity index (χ3v) is 7.73. The average Bonchev–Trinajstić information content (AvgIpc) is 3.62. The lowest BCUT2D eigenvalue weighted by Gasteiger charge is -2.26. The second kappa shape index (κ2) is 12.1. The summed E-state index contributed by atoms with van der Waals surface area (Å²) >= 11 is 9.24. The van der Waals surface area contributed by atoms with Crippen LogP contribution in [0.4, 0.5) is 15.8 Å². The molecule has 6 rings (SSSR count). The Morgan fingerprint density at radius 2 is 1.81 bits per heavy atom. The minimum atomic E-state index is -0.375. The van der Waals surface area contributed by atoms with Crippen LogP contribution in [0.2, 0.25) is 0 Å². The first-order valence-corrected chi connectivity index (χ1v) is 14.3. The summed E-state index contributed by atoms with van der Waals surface area (Å²) in [7, 11) is 0. The highest BCUT2D eigenvalue weighted by atomic mass is 79.9. The number of hydrogen-bond acceptors (Lipinski definition) is 5. The number of benzene rings is 3. The number of nitrogens with zero attached hydrogens (tertiary/aromatic N) is 2. The zero-order chi connectivity index (χ0) is 29.1. The Balaban J connectivity index is 1.26. The summed E-state index contributed by atoms with van der Waals surface area (Å²) in [6, 6.07) is 29.8. The fourth-order valence-electron chi connectivity index (χ4n) is 4.84. The summed E-state index contributed by atoms with van der Waals surface area (Å²) in [6.45, 7) is -0.106. The van der Waals surface area contributed by atoms with Crippen LogP contribution in [0.15, 0.2) is 118 Å². The van der Waals surface area contributed by atoms with E-state index in [1.165, 1.54) is 12.1 Å². The van der Waals surface area contributed by atoms with Crippen LogP contribution in [-0.4, -0.2) is 22.6 Å². The van der Waals surface area contributed by atoms with Crippen LogP contribution in [0.25, 0.3) is 11.3 Å². The van der Waals surface area contributed by atoms with Gasteiger partial charge in [0.2, 0.25) is 0 Å². The summed E-state index contributed by atoms with van der Waals surface area (Å²) in [5.41, 5.74) is 2.96. The lowest BCUT2D eigenvalue weighted by Crippen LogP contribution is -2.29. The second-order valence-corrected chi connectivity index (χ2v) is 10.8. The largest absolute Gasteiger partial charge is 0.484 e. The molecule has 1 aliphatic rings. The van der Waals surface area contributed by atoms with Crippen LogP contribution in [0.1, 0.15) is 23.5 Å². The highest BCUT2D eigenvalue weighted by Gasteiger charge is 2.42. The molecule has 7 nitrogen and oxygen atoms in total. The topological polar surface area (TPSA) is 79.6 Å². The standard InChI is InChI=1S/C32H24BrFN4O3S/c33-25-18-20(34)9-14-24(25)27-15-16-28(41-27)31-30(26-8-4-5-17-35-26)37-32(42)38(31)22-12-10-21(11-13-22)36-29(39)19-40-23-6-2-1-3-7-23/h1-18,30-31H,19H2,(H,36,39)(H,37,42)/t30-,31+/m1/s1. The van der Waals surface area contributed by atoms with Crippen LogP contribution in [0.3, 0.4) is 0 Å². The normalized spacial score (nSPS) is 16.2. The molecule has 1 aliphatic heterocycles. The number of carbonyl (C=O) groups is 1. The number of hydrogen-bond donors (Lipinski definition) is 2. The number of ether oxygens (including phenoxy) is 1. The van der Waals surface area contributed by atoms with Gasteiger partial charge in [0.25, 0.3) is 5.91 Å². The van der Waals surface area contributed by atoms with E-state index in [0.29, 0.717) is 32.5 Å². The van der Waals surface area contributed by atoms with Crippen LogP contribution in [0, 0.1) is 5.82 Å². The quantitative estimate of drug-likeness (QED) is 0.170. The number of halogens is 2. The summed E-state index contributed by atoms with van der Waals surface area (Å²) < 4.78 is 26.2. The average molecular weight is 644 g/mol. The predicted octanol–water partition coefficient (Wildman–Crippen LogP) is 7.44. The zero-order valence-electron chi connectivity index (χ0n) is 22.0. The van der Waals surface area contributed by atoms with Crippen molar-refractivity contribution in [1.29, 1.82) is 0 Å². The molecule has 1 saturated heterocycles. The van der Waals surface area contributed by atoms with Crippen molar-refractivity contribution in [2.45, 2.75) is 12.1 Å². The van der Waals surface area contributed by atoms with Gasteiger partial charge < -0.3 is 24.7 Å². The number of anilines is 2. The maximum atomic E-state index is 13.7. The SMILES string of the molecule is O=C(COc1ccccc1)Nc1ccc(N2C(=S)N[C@H](c3ccccn3)[C@@H]2c2ccc(-c3ccc(F)cc3Br)o2)cc1. The van der Waals surface area contributed by atoms with Crippen molar-refractivity contribution in [2.75, 3.05) is 16.8 Å². The van der Waals surface area contributed by atoms with Crippen molar-refractivity contribution >= 4 is 50.5 Å². The number of thiocarbonyl (C=S) groups is 1. The number of nitrogens with one attached hydrogen (secondary N) is 2. The van der Waals surface area contributed by atoms with E-state index in [9.17, 15) is 9.18 Å². The maximum Gasteiger partial charge on any atom is 0.262 e. The first kappa shape index (κ1) is 27.6. The van der Waals surface area contributed by atoms with Gasteiger partial charge in [0.15, 0.2) is 11.7 Å². The Kier molecular flexibility index (Phi) is 7.98. The molecule has 1 fully saturated rings. The summed E-state index contributed by atoms with van der Waals surface area (Å²) in [4.78, 5) is 19.0. The highest BCUT2D eigenvalue weighted by Crippen LogP contribution is 2.43. The molecular formula is C32H24BrFN4O3S. The van der Waals surface area contributed by atoms with E-state index in [-0.39, 0.29) is 30.4 Å². The number of amides is 1. The lowest BCUT2D eigenvalue weighted by atomic mass is 10.0. The number of aromatic nitrogens is 1. The molecule has 210 valence electrons. The molecule has 2 N–H and O–H groups in total. The number of carbonyl (C=O) groups excluding carboxylic acids is 1. The van der Waals surface area contributed by atoms with Crippen molar-refractivity contribution in [3.05, 3.63) is 131 Å². The first-order valence-electron chi connectivity index (χ1n) is 13.1. The summed E-state index contributed by atoms with van der Waals surface area (Å²) in [5, 5.41) is 6.77. The van der Waals surface area contributed by atoms with Gasteiger partial charge in [0, 0.05) is 27.6 Å². The van der Waals surface area contributed by atoms with Gasteiger partial charge in [0.1, 0.15) is 29.1 Å². The molecule has 0 aliphatic carbocycles. The molecule has 0 spiro atoms. The van der Waals surface area contributed by atoms with Gasteiger partial charge in [-0.05, 0) is 107 Å². The van der Waals surface area contributed by atoms with E-state index in [0.717, 1.165) is 16.9 Å². The van der Waals surface area contributed by atoms with Crippen molar-refractivity contribution in [1.82, 2.24) is 10.3 Å². The van der Waals surface area contributed by atoms with E-state index in [2.05, 4.69) is 31.5 Å². The third-order valence-electron chi connectivity index (χ3n) is 6.76. The van der Waals surface area contributed by atoms with E-state index < -0.39 is 0 Å². The smallest absolute Gasteiger partial charge is 0.262 e. The molecular weight excluding hydrogens is 619 g/mol. The van der Waals surface area contributed by atoms with Gasteiger partial charge in [-0.2, -0.15) is 0 Å². The van der Waals surface area contributed by atoms with Crippen molar-refractivity contribution in [3.63, 3.8) is 0 Å². The Morgan fingerprint density at radius 3 is 2.55 bits per heavy atom. The maximum absolute atomic E-state index is 13.7. The van der Waals surface area contributed by atoms with Crippen LogP contribution < -0.4 is 20.3 Å². The van der Waals surface area contributed by atoms with Crippen molar-refractivity contribution < 1.29 is 18.3 Å². The van der Waals surface area contributed by atoms with Gasteiger partial charge in [0.05, 0.1) is 11.7 Å². The van der Waals surface area contributed by atoms with Crippen LogP contribution in [0.5, 0.6) is 5.75 Å². The number of pyridine rings is 1. The summed E-state index contributed by atoms with van der Waals surface area (Å²) in [5.74, 6) is 1.25. The van der Waals surface area contributed by atoms with Gasteiger partial charge >= 0.3 is 0 Å². The molecule has 3 aromatic carbocycles. The van der Waals surface area contributed by atoms with E-state index >= 15 is 0 Å². The Bertz CT molecular complexity index is 1720. The molecule has 3 heterocycles. The van der Waals surface area contributed by atoms with Gasteiger partial charge in [-0.3, -0.25) is 9.78 Å². The number of para-hydroxylation sites is 1. The zero-order valence-corrected chi connectivity index (χ0v) is 24.4. The number of furan rings is 1. The fourth-order valence-corrected chi connectivity index (χ4v) is 5.73. The second-order valence-electron chi connectivity index (χ2n) is 9.52. The van der Waals surface area contributed by atoms with E-state index in [4.69, 9.17) is 21.4 Å². The number of rotatable bonds is 8. The molecule has 0 bridgehead atoms. The first-order chi connectivity index (χ1) is 20.5. The molecule has 2 aromatic heterocycles. The van der Waals surface area contributed by atoms with E-state index in [1.807, 2.05) is 77.7 Å². The fraction of sp³-hybridized carbons (Fsp3) is 0.0938. The minimum Gasteiger partial charge on any atom is -0.484 e. The van der Waals surface area contributed by atoms with Crippen LogP contribution >= 0.6 is 28.1 Å².